The third-order valence-corrected chi connectivity index (χ3v) is 1.80. The number of hydrogen-bond acceptors (Lipinski definition) is 2. The van der Waals surface area contributed by atoms with Crippen LogP contribution in [0.3, 0.4) is 0 Å². The monoisotopic (exact) mass is 171 g/mol. The van der Waals surface area contributed by atoms with Gasteiger partial charge in [-0.2, -0.15) is 0 Å². The van der Waals surface area contributed by atoms with Gasteiger partial charge in [0.05, 0.1) is 5.92 Å². The highest BCUT2D eigenvalue weighted by molar-refractivity contribution is 5.73. The number of rotatable bonds is 4. The first-order valence-electron chi connectivity index (χ1n) is 4.01. The van der Waals surface area contributed by atoms with Gasteiger partial charge in [0.1, 0.15) is 0 Å². The molecule has 12 heavy (non-hydrogen) atoms. The number of carbonyl (C=O) groups is 1. The third kappa shape index (κ3) is 3.53. The van der Waals surface area contributed by atoms with Crippen molar-refractivity contribution in [1.29, 1.82) is 0 Å². The highest BCUT2D eigenvalue weighted by Crippen LogP contribution is 2.10. The van der Waals surface area contributed by atoms with Crippen molar-refractivity contribution in [3.8, 4) is 0 Å². The fraction of sp³-hybridized carbons (Fsp3) is 0.667. The van der Waals surface area contributed by atoms with Crippen molar-refractivity contribution in [3.05, 3.63) is 11.6 Å². The van der Waals surface area contributed by atoms with Crippen LogP contribution in [0.2, 0.25) is 0 Å². The Balaban J connectivity index is 4.27. The van der Waals surface area contributed by atoms with Crippen LogP contribution in [-0.2, 0) is 4.79 Å². The van der Waals surface area contributed by atoms with Gasteiger partial charge in [-0.1, -0.05) is 6.08 Å². The Bertz CT molecular complexity index is 185. The lowest BCUT2D eigenvalue weighted by molar-refractivity contribution is -0.139. The van der Waals surface area contributed by atoms with E-state index in [0.717, 1.165) is 5.57 Å². The number of aliphatic carboxylic acids is 1. The van der Waals surface area contributed by atoms with Crippen molar-refractivity contribution < 1.29 is 9.90 Å². The molecule has 0 aliphatic rings. The van der Waals surface area contributed by atoms with E-state index < -0.39 is 5.97 Å². The highest BCUT2D eigenvalue weighted by atomic mass is 16.4. The van der Waals surface area contributed by atoms with E-state index in [1.165, 1.54) is 0 Å². The maximum Gasteiger partial charge on any atom is 0.310 e. The van der Waals surface area contributed by atoms with Crippen molar-refractivity contribution in [2.24, 2.45) is 5.92 Å². The molecule has 0 fully saturated rings. The molecule has 1 N–H and O–H groups in total. The molecule has 0 saturated carbocycles. The van der Waals surface area contributed by atoms with E-state index in [4.69, 9.17) is 5.11 Å². The summed E-state index contributed by atoms with van der Waals surface area (Å²) in [7, 11) is 3.86. The minimum Gasteiger partial charge on any atom is -0.481 e. The van der Waals surface area contributed by atoms with Crippen LogP contribution in [0, 0.1) is 5.92 Å². The van der Waals surface area contributed by atoms with E-state index in [0.29, 0.717) is 6.54 Å². The lowest BCUT2D eigenvalue weighted by atomic mass is 10.0. The number of hydrogen-bond donors (Lipinski definition) is 1. The van der Waals surface area contributed by atoms with Crippen LogP contribution in [0.25, 0.3) is 0 Å². The van der Waals surface area contributed by atoms with E-state index in [1.54, 1.807) is 6.92 Å². The number of allylic oxidation sites excluding steroid dienone is 1. The summed E-state index contributed by atoms with van der Waals surface area (Å²) in [6.45, 7) is 4.30. The van der Waals surface area contributed by atoms with Gasteiger partial charge >= 0.3 is 5.97 Å². The lowest BCUT2D eigenvalue weighted by Gasteiger charge is -2.16. The first-order chi connectivity index (χ1) is 5.49. The molecule has 0 saturated heterocycles. The molecule has 0 heterocycles. The van der Waals surface area contributed by atoms with E-state index in [2.05, 4.69) is 0 Å². The Kier molecular flexibility index (Phi) is 4.59. The van der Waals surface area contributed by atoms with Crippen LogP contribution < -0.4 is 0 Å². The molecule has 0 amide bonds. The molecule has 0 aromatic rings. The molecule has 0 bridgehead atoms. The Morgan fingerprint density at radius 3 is 2.33 bits per heavy atom. The SMILES string of the molecule is CC=C(CN(C)C)C(C)C(=O)O. The summed E-state index contributed by atoms with van der Waals surface area (Å²) in [6, 6.07) is 0. The zero-order chi connectivity index (χ0) is 9.72. The summed E-state index contributed by atoms with van der Waals surface area (Å²) in [5.41, 5.74) is 0.951. The van der Waals surface area contributed by atoms with Gasteiger partial charge in [-0.3, -0.25) is 4.79 Å². The fourth-order valence-electron chi connectivity index (χ4n) is 1.00. The van der Waals surface area contributed by atoms with Gasteiger partial charge in [-0.25, -0.2) is 0 Å². The van der Waals surface area contributed by atoms with E-state index in [-0.39, 0.29) is 5.92 Å². The predicted octanol–water partition coefficient (Wildman–Crippen LogP) is 1.21. The van der Waals surface area contributed by atoms with E-state index in [1.807, 2.05) is 32.0 Å². The first-order valence-corrected chi connectivity index (χ1v) is 4.01. The van der Waals surface area contributed by atoms with Gasteiger partial charge < -0.3 is 10.0 Å². The molecule has 1 unspecified atom stereocenters. The average molecular weight is 171 g/mol. The largest absolute Gasteiger partial charge is 0.481 e. The van der Waals surface area contributed by atoms with Gasteiger partial charge in [0.25, 0.3) is 0 Å². The second-order valence-electron chi connectivity index (χ2n) is 3.16. The van der Waals surface area contributed by atoms with Crippen LogP contribution in [0.1, 0.15) is 13.8 Å². The topological polar surface area (TPSA) is 40.5 Å². The average Bonchev–Trinajstić information content (AvgIpc) is 1.98. The van der Waals surface area contributed by atoms with Crippen LogP contribution in [-0.4, -0.2) is 36.6 Å². The van der Waals surface area contributed by atoms with Crippen LogP contribution in [0.5, 0.6) is 0 Å². The van der Waals surface area contributed by atoms with E-state index >= 15 is 0 Å². The van der Waals surface area contributed by atoms with Gasteiger partial charge in [0.2, 0.25) is 0 Å². The molecule has 0 radical (unpaired) electrons. The van der Waals surface area contributed by atoms with Crippen molar-refractivity contribution in [1.82, 2.24) is 4.90 Å². The zero-order valence-electron chi connectivity index (χ0n) is 8.16. The van der Waals surface area contributed by atoms with Crippen LogP contribution in [0.15, 0.2) is 11.6 Å². The maximum atomic E-state index is 10.6. The Morgan fingerprint density at radius 2 is 2.08 bits per heavy atom. The summed E-state index contributed by atoms with van der Waals surface area (Å²) in [5.74, 6) is -1.14. The van der Waals surface area contributed by atoms with Crippen molar-refractivity contribution >= 4 is 5.97 Å². The lowest BCUT2D eigenvalue weighted by Crippen LogP contribution is -2.22. The van der Waals surface area contributed by atoms with E-state index in [9.17, 15) is 4.79 Å². The molecule has 0 spiro atoms. The Morgan fingerprint density at radius 1 is 1.58 bits per heavy atom. The summed E-state index contributed by atoms with van der Waals surface area (Å²) in [4.78, 5) is 12.6. The minimum atomic E-state index is -0.759. The molecular weight excluding hydrogens is 154 g/mol. The molecule has 3 heteroatoms. The summed E-state index contributed by atoms with van der Waals surface area (Å²) in [6.07, 6.45) is 1.87. The number of likely N-dealkylation sites (N-methyl/N-ethyl adjacent to an activating group) is 1. The molecule has 0 aliphatic heterocycles. The number of carboxylic acids is 1. The molecule has 0 rings (SSSR count). The van der Waals surface area contributed by atoms with Crippen LogP contribution >= 0.6 is 0 Å². The minimum absolute atomic E-state index is 0.377. The summed E-state index contributed by atoms with van der Waals surface area (Å²) >= 11 is 0. The van der Waals surface area contributed by atoms with Crippen molar-refractivity contribution in [2.45, 2.75) is 13.8 Å². The second kappa shape index (κ2) is 4.93. The Hall–Kier alpha value is -0.830. The normalized spacial score (nSPS) is 14.9. The molecule has 70 valence electrons. The summed E-state index contributed by atoms with van der Waals surface area (Å²) in [5, 5.41) is 8.74. The van der Waals surface area contributed by atoms with Gasteiger partial charge in [0.15, 0.2) is 0 Å². The van der Waals surface area contributed by atoms with Gasteiger partial charge in [0, 0.05) is 6.54 Å². The molecule has 1 atom stereocenters. The maximum absolute atomic E-state index is 10.6. The zero-order valence-corrected chi connectivity index (χ0v) is 8.16. The predicted molar refractivity (Wildman–Crippen MR) is 49.1 cm³/mol. The highest BCUT2D eigenvalue weighted by Gasteiger charge is 2.15. The van der Waals surface area contributed by atoms with Crippen molar-refractivity contribution in [3.63, 3.8) is 0 Å². The molecule has 0 aromatic heterocycles. The molecule has 3 nitrogen and oxygen atoms in total. The number of carboxylic acid groups (broad SMARTS) is 1. The number of nitrogens with zero attached hydrogens (tertiary/aromatic N) is 1. The standard InChI is InChI=1S/C9H17NO2/c1-5-8(6-10(3)4)7(2)9(11)12/h5,7H,6H2,1-4H3,(H,11,12). The van der Waals surface area contributed by atoms with Gasteiger partial charge in [-0.05, 0) is 33.5 Å². The third-order valence-electron chi connectivity index (χ3n) is 1.80. The molecule has 0 aromatic carbocycles. The first kappa shape index (κ1) is 11.2. The molecular formula is C9H17NO2. The van der Waals surface area contributed by atoms with Crippen LogP contribution in [0.4, 0.5) is 0 Å². The second-order valence-corrected chi connectivity index (χ2v) is 3.16. The van der Waals surface area contributed by atoms with Gasteiger partial charge in [-0.15, -0.1) is 0 Å². The fourth-order valence-corrected chi connectivity index (χ4v) is 1.00. The quantitative estimate of drug-likeness (QED) is 0.646. The van der Waals surface area contributed by atoms with Crippen molar-refractivity contribution in [2.75, 3.05) is 20.6 Å². The smallest absolute Gasteiger partial charge is 0.310 e. The summed E-state index contributed by atoms with van der Waals surface area (Å²) < 4.78 is 0. The Labute approximate surface area is 73.7 Å². The molecule has 0 aliphatic carbocycles.